The number of nitrogens with one attached hydrogen (secondary N) is 1. The van der Waals surface area contributed by atoms with Crippen LogP contribution >= 0.6 is 34.5 Å². The first kappa shape index (κ1) is 23.2. The normalized spacial score (nSPS) is 11.8. The summed E-state index contributed by atoms with van der Waals surface area (Å²) in [6.07, 6.45) is 1.85. The van der Waals surface area contributed by atoms with Gasteiger partial charge in [0.05, 0.1) is 21.3 Å². The van der Waals surface area contributed by atoms with Crippen molar-refractivity contribution in [1.82, 2.24) is 10.3 Å². The van der Waals surface area contributed by atoms with Crippen molar-refractivity contribution < 1.29 is 14.7 Å². The number of aromatic nitrogens is 1. The van der Waals surface area contributed by atoms with Crippen molar-refractivity contribution in [3.8, 4) is 10.6 Å². The van der Waals surface area contributed by atoms with Gasteiger partial charge in [0.1, 0.15) is 11.0 Å². The minimum Gasteiger partial charge on any atom is -0.480 e. The number of hydrogen-bond donors (Lipinski definition) is 3. The van der Waals surface area contributed by atoms with Crippen molar-refractivity contribution in [3.63, 3.8) is 0 Å². The number of carbonyl (C=O) groups excluding carboxylic acids is 1. The Morgan fingerprint density at radius 2 is 1.81 bits per heavy atom. The third-order valence-corrected chi connectivity index (χ3v) is 6.19. The Bertz CT molecular complexity index is 1050. The molecule has 0 saturated carbocycles. The van der Waals surface area contributed by atoms with Crippen LogP contribution in [0.1, 0.15) is 28.0 Å². The Morgan fingerprint density at radius 1 is 1.13 bits per heavy atom. The van der Waals surface area contributed by atoms with Crippen LogP contribution in [0, 0.1) is 0 Å². The SMILES string of the molecule is NCCCc1csc(-c2ccc(C[C@H](NC(=O)c3c(Cl)cccc3Cl)C(=O)O)cc2)n1. The molecule has 3 aromatic rings. The van der Waals surface area contributed by atoms with Crippen molar-refractivity contribution >= 4 is 46.4 Å². The molecule has 1 atom stereocenters. The molecule has 1 aromatic heterocycles. The first-order valence-electron chi connectivity index (χ1n) is 9.60. The van der Waals surface area contributed by atoms with E-state index < -0.39 is 17.9 Å². The van der Waals surface area contributed by atoms with E-state index in [1.54, 1.807) is 17.4 Å². The van der Waals surface area contributed by atoms with Crippen LogP contribution in [0.4, 0.5) is 0 Å². The van der Waals surface area contributed by atoms with Crippen LogP contribution < -0.4 is 11.1 Å². The predicted molar refractivity (Wildman–Crippen MR) is 124 cm³/mol. The molecule has 1 amide bonds. The summed E-state index contributed by atoms with van der Waals surface area (Å²) >= 11 is 13.7. The molecule has 0 unspecified atom stereocenters. The van der Waals surface area contributed by atoms with Crippen LogP contribution in [0.5, 0.6) is 0 Å². The van der Waals surface area contributed by atoms with Gasteiger partial charge in [-0.2, -0.15) is 0 Å². The number of benzene rings is 2. The highest BCUT2D eigenvalue weighted by atomic mass is 35.5. The fraction of sp³-hybridized carbons (Fsp3) is 0.227. The molecule has 4 N–H and O–H groups in total. The van der Waals surface area contributed by atoms with Crippen LogP contribution in [0.25, 0.3) is 10.6 Å². The van der Waals surface area contributed by atoms with Crippen molar-refractivity contribution in [2.24, 2.45) is 5.73 Å². The zero-order valence-electron chi connectivity index (χ0n) is 16.5. The van der Waals surface area contributed by atoms with E-state index in [4.69, 9.17) is 28.9 Å². The summed E-state index contributed by atoms with van der Waals surface area (Å²) in [6, 6.07) is 11.0. The van der Waals surface area contributed by atoms with Gasteiger partial charge in [0, 0.05) is 17.4 Å². The number of nitrogens with two attached hydrogens (primary N) is 1. The number of aryl methyl sites for hydroxylation is 1. The molecule has 3 rings (SSSR count). The molecule has 0 bridgehead atoms. The molecule has 31 heavy (non-hydrogen) atoms. The third kappa shape index (κ3) is 6.04. The summed E-state index contributed by atoms with van der Waals surface area (Å²) in [5.74, 6) is -1.78. The number of carboxylic acid groups (broad SMARTS) is 1. The van der Waals surface area contributed by atoms with Gasteiger partial charge in [-0.25, -0.2) is 9.78 Å². The fourth-order valence-electron chi connectivity index (χ4n) is 3.00. The molecule has 0 spiro atoms. The van der Waals surface area contributed by atoms with E-state index in [9.17, 15) is 14.7 Å². The number of hydrogen-bond acceptors (Lipinski definition) is 5. The fourth-order valence-corrected chi connectivity index (χ4v) is 4.43. The summed E-state index contributed by atoms with van der Waals surface area (Å²) in [4.78, 5) is 28.9. The number of carboxylic acids is 1. The quantitative estimate of drug-likeness (QED) is 0.422. The number of amides is 1. The maximum absolute atomic E-state index is 12.5. The van der Waals surface area contributed by atoms with Crippen LogP contribution in [0.3, 0.4) is 0 Å². The zero-order valence-corrected chi connectivity index (χ0v) is 18.8. The van der Waals surface area contributed by atoms with Gasteiger partial charge in [-0.15, -0.1) is 11.3 Å². The van der Waals surface area contributed by atoms with E-state index in [0.717, 1.165) is 34.7 Å². The molecule has 162 valence electrons. The molecule has 0 aliphatic rings. The molecular formula is C22H21Cl2N3O3S. The summed E-state index contributed by atoms with van der Waals surface area (Å²) < 4.78 is 0. The Labute approximate surface area is 194 Å². The molecule has 0 fully saturated rings. The highest BCUT2D eigenvalue weighted by Gasteiger charge is 2.23. The van der Waals surface area contributed by atoms with Crippen molar-refractivity contribution in [3.05, 3.63) is 74.7 Å². The van der Waals surface area contributed by atoms with Gasteiger partial charge in [-0.05, 0) is 37.1 Å². The number of aliphatic carboxylic acids is 1. The van der Waals surface area contributed by atoms with Crippen molar-refractivity contribution in [1.29, 1.82) is 0 Å². The lowest BCUT2D eigenvalue weighted by atomic mass is 10.0. The summed E-state index contributed by atoms with van der Waals surface area (Å²) in [6.45, 7) is 0.630. The lowest BCUT2D eigenvalue weighted by Crippen LogP contribution is -2.42. The Kier molecular flexibility index (Phi) is 8.03. The van der Waals surface area contributed by atoms with Crippen molar-refractivity contribution in [2.45, 2.75) is 25.3 Å². The second-order valence-corrected chi connectivity index (χ2v) is 8.57. The summed E-state index contributed by atoms with van der Waals surface area (Å²) in [7, 11) is 0. The molecule has 6 nitrogen and oxygen atoms in total. The Morgan fingerprint density at radius 3 is 2.42 bits per heavy atom. The Balaban J connectivity index is 1.70. The number of halogens is 2. The molecule has 2 aromatic carbocycles. The smallest absolute Gasteiger partial charge is 0.326 e. The topological polar surface area (TPSA) is 105 Å². The van der Waals surface area contributed by atoms with E-state index in [-0.39, 0.29) is 22.0 Å². The average Bonchev–Trinajstić information content (AvgIpc) is 3.21. The van der Waals surface area contributed by atoms with Crippen LogP contribution in [-0.4, -0.2) is 34.6 Å². The van der Waals surface area contributed by atoms with Crippen LogP contribution in [-0.2, 0) is 17.6 Å². The number of thiazole rings is 1. The van der Waals surface area contributed by atoms with Gasteiger partial charge in [-0.1, -0.05) is 53.5 Å². The lowest BCUT2D eigenvalue weighted by molar-refractivity contribution is -0.139. The van der Waals surface area contributed by atoms with Crippen molar-refractivity contribution in [2.75, 3.05) is 6.54 Å². The minimum absolute atomic E-state index is 0.0571. The number of rotatable bonds is 9. The monoisotopic (exact) mass is 477 g/mol. The highest BCUT2D eigenvalue weighted by molar-refractivity contribution is 7.13. The summed E-state index contributed by atoms with van der Waals surface area (Å²) in [5.41, 5.74) is 8.33. The second kappa shape index (κ2) is 10.7. The Hall–Kier alpha value is -2.45. The van der Waals surface area contributed by atoms with E-state index in [0.29, 0.717) is 6.54 Å². The first-order valence-corrected chi connectivity index (χ1v) is 11.2. The van der Waals surface area contributed by atoms with Crippen LogP contribution in [0.2, 0.25) is 10.0 Å². The zero-order chi connectivity index (χ0) is 22.4. The molecule has 0 radical (unpaired) electrons. The predicted octanol–water partition coefficient (Wildman–Crippen LogP) is 4.43. The lowest BCUT2D eigenvalue weighted by Gasteiger charge is -2.16. The van der Waals surface area contributed by atoms with Gasteiger partial charge in [0.15, 0.2) is 0 Å². The van der Waals surface area contributed by atoms with Gasteiger partial charge in [0.2, 0.25) is 0 Å². The van der Waals surface area contributed by atoms with Gasteiger partial charge >= 0.3 is 5.97 Å². The molecule has 9 heteroatoms. The van der Waals surface area contributed by atoms with E-state index in [2.05, 4.69) is 10.3 Å². The third-order valence-electron chi connectivity index (χ3n) is 4.62. The number of carbonyl (C=O) groups is 2. The first-order chi connectivity index (χ1) is 14.9. The average molecular weight is 478 g/mol. The standard InChI is InChI=1S/C22H21Cl2N3O3S/c23-16-4-1-5-17(24)19(16)20(28)27-18(22(29)30)11-13-6-8-14(9-7-13)21-26-15(12-31-21)3-2-10-25/h1,4-9,12,18H,2-3,10-11,25H2,(H,27,28)(H,29,30)/t18-/m0/s1. The highest BCUT2D eigenvalue weighted by Crippen LogP contribution is 2.26. The molecule has 0 saturated heterocycles. The van der Waals surface area contributed by atoms with E-state index in [1.165, 1.54) is 12.1 Å². The van der Waals surface area contributed by atoms with E-state index >= 15 is 0 Å². The molecule has 0 aliphatic heterocycles. The maximum atomic E-state index is 12.5. The van der Waals surface area contributed by atoms with E-state index in [1.807, 2.05) is 29.6 Å². The molecule has 0 aliphatic carbocycles. The molecule has 1 heterocycles. The van der Waals surface area contributed by atoms with Gasteiger partial charge in [-0.3, -0.25) is 4.79 Å². The number of nitrogens with zero attached hydrogens (tertiary/aromatic N) is 1. The second-order valence-electron chi connectivity index (χ2n) is 6.90. The minimum atomic E-state index is -1.15. The van der Waals surface area contributed by atoms with Gasteiger partial charge in [0.25, 0.3) is 5.91 Å². The summed E-state index contributed by atoms with van der Waals surface area (Å²) in [5, 5.41) is 15.3. The van der Waals surface area contributed by atoms with Crippen LogP contribution in [0.15, 0.2) is 47.8 Å². The van der Waals surface area contributed by atoms with Gasteiger partial charge < -0.3 is 16.2 Å². The largest absolute Gasteiger partial charge is 0.480 e. The molecular weight excluding hydrogens is 457 g/mol. The maximum Gasteiger partial charge on any atom is 0.326 e.